The molecule has 1 heterocycles. The van der Waals surface area contributed by atoms with Crippen molar-refractivity contribution in [3.63, 3.8) is 0 Å². The number of hydrogen-bond acceptors (Lipinski definition) is 3. The van der Waals surface area contributed by atoms with Gasteiger partial charge in [0.15, 0.2) is 11.6 Å². The molecule has 0 bridgehead atoms. The van der Waals surface area contributed by atoms with Gasteiger partial charge in [0.25, 0.3) is 0 Å². The zero-order valence-corrected chi connectivity index (χ0v) is 13.5. The molecule has 1 amide bonds. The first kappa shape index (κ1) is 16.7. The zero-order valence-electron chi connectivity index (χ0n) is 13.5. The number of benzene rings is 1. The highest BCUT2D eigenvalue weighted by Gasteiger charge is 2.28. The van der Waals surface area contributed by atoms with E-state index in [-0.39, 0.29) is 29.7 Å². The van der Waals surface area contributed by atoms with Gasteiger partial charge in [-0.1, -0.05) is 20.8 Å². The van der Waals surface area contributed by atoms with Crippen molar-refractivity contribution < 1.29 is 13.9 Å². The Balaban J connectivity index is 2.31. The molecular formula is C17H25FN2O2. The van der Waals surface area contributed by atoms with Crippen molar-refractivity contribution >= 4 is 5.91 Å². The number of carbonyl (C=O) groups excluding carboxylic acids is 1. The second-order valence-corrected chi connectivity index (χ2v) is 5.94. The van der Waals surface area contributed by atoms with Gasteiger partial charge in [-0.2, -0.15) is 0 Å². The van der Waals surface area contributed by atoms with Crippen molar-refractivity contribution in [2.24, 2.45) is 11.7 Å². The van der Waals surface area contributed by atoms with Crippen LogP contribution in [0.3, 0.4) is 0 Å². The summed E-state index contributed by atoms with van der Waals surface area (Å²) in [5.41, 5.74) is 7.46. The second-order valence-electron chi connectivity index (χ2n) is 5.94. The highest BCUT2D eigenvalue weighted by atomic mass is 19.1. The summed E-state index contributed by atoms with van der Waals surface area (Å²) in [6.07, 6.45) is 2.14. The maximum atomic E-state index is 14.3. The number of hydrogen-bond donors (Lipinski definition) is 2. The molecule has 1 aliphatic rings. The molecule has 0 radical (unpaired) electrons. The maximum Gasteiger partial charge on any atom is 0.223 e. The molecule has 2 rings (SSSR count). The smallest absolute Gasteiger partial charge is 0.223 e. The Bertz CT molecular complexity index is 548. The van der Waals surface area contributed by atoms with E-state index >= 15 is 0 Å². The van der Waals surface area contributed by atoms with Crippen LogP contribution in [0, 0.1) is 11.7 Å². The molecule has 122 valence electrons. The van der Waals surface area contributed by atoms with Crippen LogP contribution in [0.5, 0.6) is 5.75 Å². The predicted octanol–water partition coefficient (Wildman–Crippen LogP) is 3.22. The fourth-order valence-electron chi connectivity index (χ4n) is 2.58. The Hall–Kier alpha value is -1.62. The molecule has 0 spiro atoms. The molecule has 0 aliphatic carbocycles. The van der Waals surface area contributed by atoms with Crippen molar-refractivity contribution in [3.05, 3.63) is 29.1 Å². The number of nitrogens with one attached hydrogen (secondary N) is 1. The Kier molecular flexibility index (Phi) is 5.40. The van der Waals surface area contributed by atoms with E-state index in [0.29, 0.717) is 18.6 Å². The standard InChI is InChI=1S/C17H25FN2O2/c1-4-10(3)17(21)20-15-6-7-22-16-12(15)8-11(9-13(16)18)14(19)5-2/h8-10,14-15H,4-7,19H2,1-3H3,(H,20,21). The van der Waals surface area contributed by atoms with E-state index in [1.807, 2.05) is 26.8 Å². The molecule has 0 aromatic heterocycles. The number of amides is 1. The van der Waals surface area contributed by atoms with Crippen LogP contribution in [-0.2, 0) is 4.79 Å². The van der Waals surface area contributed by atoms with E-state index in [1.54, 1.807) is 0 Å². The number of halogens is 1. The second kappa shape index (κ2) is 7.09. The topological polar surface area (TPSA) is 64.3 Å². The van der Waals surface area contributed by atoms with Crippen LogP contribution in [0.15, 0.2) is 12.1 Å². The van der Waals surface area contributed by atoms with E-state index in [9.17, 15) is 9.18 Å². The summed E-state index contributed by atoms with van der Waals surface area (Å²) < 4.78 is 19.7. The fourth-order valence-corrected chi connectivity index (χ4v) is 2.58. The van der Waals surface area contributed by atoms with Gasteiger partial charge in [-0.15, -0.1) is 0 Å². The van der Waals surface area contributed by atoms with Crippen LogP contribution < -0.4 is 15.8 Å². The average molecular weight is 308 g/mol. The molecule has 1 aliphatic heterocycles. The zero-order chi connectivity index (χ0) is 16.3. The fraction of sp³-hybridized carbons (Fsp3) is 0.588. The van der Waals surface area contributed by atoms with Crippen LogP contribution in [0.25, 0.3) is 0 Å². The molecule has 22 heavy (non-hydrogen) atoms. The molecule has 0 fully saturated rings. The van der Waals surface area contributed by atoms with E-state index in [1.165, 1.54) is 6.07 Å². The van der Waals surface area contributed by atoms with Gasteiger partial charge in [0, 0.05) is 23.9 Å². The number of ether oxygens (including phenoxy) is 1. The molecular weight excluding hydrogens is 283 g/mol. The first-order chi connectivity index (χ1) is 10.5. The largest absolute Gasteiger partial charge is 0.490 e. The summed E-state index contributed by atoms with van der Waals surface area (Å²) in [5.74, 6) is -0.227. The lowest BCUT2D eigenvalue weighted by molar-refractivity contribution is -0.125. The minimum absolute atomic E-state index is 0.00838. The molecule has 5 heteroatoms. The maximum absolute atomic E-state index is 14.3. The summed E-state index contributed by atoms with van der Waals surface area (Å²) in [5, 5.41) is 3.01. The van der Waals surface area contributed by atoms with Crippen molar-refractivity contribution in [2.75, 3.05) is 6.61 Å². The van der Waals surface area contributed by atoms with Crippen LogP contribution in [0.2, 0.25) is 0 Å². The summed E-state index contributed by atoms with van der Waals surface area (Å²) in [6, 6.07) is 2.87. The lowest BCUT2D eigenvalue weighted by Crippen LogP contribution is -2.35. The van der Waals surface area contributed by atoms with Gasteiger partial charge >= 0.3 is 0 Å². The summed E-state index contributed by atoms with van der Waals surface area (Å²) in [4.78, 5) is 12.1. The molecule has 0 saturated carbocycles. The average Bonchev–Trinajstić information content (AvgIpc) is 2.53. The molecule has 1 aromatic carbocycles. The Morgan fingerprint density at radius 2 is 2.18 bits per heavy atom. The molecule has 4 nitrogen and oxygen atoms in total. The van der Waals surface area contributed by atoms with E-state index < -0.39 is 5.82 Å². The molecule has 0 saturated heterocycles. The van der Waals surface area contributed by atoms with Gasteiger partial charge in [-0.3, -0.25) is 4.79 Å². The first-order valence-corrected chi connectivity index (χ1v) is 7.99. The van der Waals surface area contributed by atoms with Gasteiger partial charge in [0.2, 0.25) is 5.91 Å². The lowest BCUT2D eigenvalue weighted by atomic mass is 9.94. The van der Waals surface area contributed by atoms with Crippen molar-refractivity contribution in [3.8, 4) is 5.75 Å². The van der Waals surface area contributed by atoms with Crippen LogP contribution in [0.1, 0.15) is 63.2 Å². The van der Waals surface area contributed by atoms with E-state index in [2.05, 4.69) is 5.32 Å². The van der Waals surface area contributed by atoms with Crippen LogP contribution >= 0.6 is 0 Å². The molecule has 3 N–H and O–H groups in total. The molecule has 3 unspecified atom stereocenters. The van der Waals surface area contributed by atoms with Crippen LogP contribution in [-0.4, -0.2) is 12.5 Å². The van der Waals surface area contributed by atoms with Gasteiger partial charge in [0.1, 0.15) is 0 Å². The Morgan fingerprint density at radius 1 is 1.45 bits per heavy atom. The third-order valence-electron chi connectivity index (χ3n) is 4.37. The van der Waals surface area contributed by atoms with Crippen molar-refractivity contribution in [2.45, 2.75) is 52.1 Å². The number of rotatable bonds is 5. The Labute approximate surface area is 131 Å². The number of nitrogens with two attached hydrogens (primary N) is 1. The highest BCUT2D eigenvalue weighted by Crippen LogP contribution is 2.36. The normalized spacial score (nSPS) is 19.8. The number of fused-ring (bicyclic) bond motifs is 1. The summed E-state index contributed by atoms with van der Waals surface area (Å²) >= 11 is 0. The third kappa shape index (κ3) is 3.40. The van der Waals surface area contributed by atoms with Crippen molar-refractivity contribution in [1.29, 1.82) is 0 Å². The monoisotopic (exact) mass is 308 g/mol. The van der Waals surface area contributed by atoms with Gasteiger partial charge in [0.05, 0.1) is 12.6 Å². The van der Waals surface area contributed by atoms with Crippen LogP contribution in [0.4, 0.5) is 4.39 Å². The van der Waals surface area contributed by atoms with Gasteiger partial charge < -0.3 is 15.8 Å². The minimum Gasteiger partial charge on any atom is -0.490 e. The third-order valence-corrected chi connectivity index (χ3v) is 4.37. The van der Waals surface area contributed by atoms with Gasteiger partial charge in [-0.25, -0.2) is 4.39 Å². The predicted molar refractivity (Wildman–Crippen MR) is 84.1 cm³/mol. The Morgan fingerprint density at radius 3 is 2.82 bits per heavy atom. The minimum atomic E-state index is -0.404. The highest BCUT2D eigenvalue weighted by molar-refractivity contribution is 5.78. The van der Waals surface area contributed by atoms with E-state index in [0.717, 1.165) is 18.4 Å². The van der Waals surface area contributed by atoms with Crippen molar-refractivity contribution in [1.82, 2.24) is 5.32 Å². The first-order valence-electron chi connectivity index (χ1n) is 7.99. The summed E-state index contributed by atoms with van der Waals surface area (Å²) in [7, 11) is 0. The number of carbonyl (C=O) groups is 1. The quantitative estimate of drug-likeness (QED) is 0.878. The molecule has 1 aromatic rings. The lowest BCUT2D eigenvalue weighted by Gasteiger charge is -2.29. The molecule has 3 atom stereocenters. The summed E-state index contributed by atoms with van der Waals surface area (Å²) in [6.45, 7) is 6.22. The van der Waals surface area contributed by atoms with Gasteiger partial charge in [-0.05, 0) is 30.5 Å². The SMILES string of the molecule is CCC(C)C(=O)NC1CCOc2c(F)cc(C(N)CC)cc21. The van der Waals surface area contributed by atoms with E-state index in [4.69, 9.17) is 10.5 Å².